The molecule has 0 spiro atoms. The zero-order chi connectivity index (χ0) is 16.6. The Bertz CT molecular complexity index is 758. The molecule has 2 aromatic heterocycles. The maximum atomic E-state index is 11.9. The number of amides is 1. The van der Waals surface area contributed by atoms with Crippen LogP contribution in [0.25, 0.3) is 11.4 Å². The smallest absolute Gasteiger partial charge is 0.243 e. The second kappa shape index (κ2) is 8.60. The highest BCUT2D eigenvalue weighted by atomic mass is 32.2. The molecule has 2 heterocycles. The van der Waals surface area contributed by atoms with Crippen LogP contribution in [-0.4, -0.2) is 38.4 Å². The van der Waals surface area contributed by atoms with Gasteiger partial charge in [-0.05, 0) is 16.7 Å². The summed E-state index contributed by atoms with van der Waals surface area (Å²) < 4.78 is 0. The summed E-state index contributed by atoms with van der Waals surface area (Å²) in [6, 6.07) is 13.7. The molecule has 124 valence electrons. The summed E-state index contributed by atoms with van der Waals surface area (Å²) in [7, 11) is 0. The minimum absolute atomic E-state index is 0.0788. The SMILES string of the molecule is O=C(Cn1nnc(-c2ccccc2)n1)NCCSCc1cccs1. The van der Waals surface area contributed by atoms with Crippen LogP contribution in [0.3, 0.4) is 0 Å². The predicted molar refractivity (Wildman–Crippen MR) is 96.7 cm³/mol. The molecule has 0 unspecified atom stereocenters. The van der Waals surface area contributed by atoms with E-state index in [4.69, 9.17) is 0 Å². The fourth-order valence-electron chi connectivity index (χ4n) is 2.03. The highest BCUT2D eigenvalue weighted by molar-refractivity contribution is 7.98. The molecular weight excluding hydrogens is 342 g/mol. The van der Waals surface area contributed by atoms with Gasteiger partial charge in [0, 0.05) is 28.5 Å². The van der Waals surface area contributed by atoms with Crippen molar-refractivity contribution in [1.82, 2.24) is 25.5 Å². The van der Waals surface area contributed by atoms with Crippen LogP contribution in [0.5, 0.6) is 0 Å². The minimum atomic E-state index is -0.108. The van der Waals surface area contributed by atoms with E-state index < -0.39 is 0 Å². The molecule has 24 heavy (non-hydrogen) atoms. The number of thiophene rings is 1. The summed E-state index contributed by atoms with van der Waals surface area (Å²) in [5.41, 5.74) is 0.883. The number of nitrogens with zero attached hydrogens (tertiary/aromatic N) is 4. The molecule has 6 nitrogen and oxygen atoms in total. The van der Waals surface area contributed by atoms with Gasteiger partial charge in [0.05, 0.1) is 0 Å². The van der Waals surface area contributed by atoms with E-state index in [2.05, 4.69) is 38.2 Å². The normalized spacial score (nSPS) is 10.7. The average Bonchev–Trinajstić information content (AvgIpc) is 3.27. The quantitative estimate of drug-likeness (QED) is 0.626. The van der Waals surface area contributed by atoms with E-state index in [-0.39, 0.29) is 12.5 Å². The Labute approximate surface area is 148 Å². The topological polar surface area (TPSA) is 72.7 Å². The van der Waals surface area contributed by atoms with Crippen LogP contribution in [0.4, 0.5) is 0 Å². The molecule has 8 heteroatoms. The van der Waals surface area contributed by atoms with Crippen molar-refractivity contribution in [3.8, 4) is 11.4 Å². The summed E-state index contributed by atoms with van der Waals surface area (Å²) in [5, 5.41) is 17.1. The third-order valence-corrected chi connectivity index (χ3v) is 5.23. The number of benzene rings is 1. The van der Waals surface area contributed by atoms with E-state index in [9.17, 15) is 4.79 Å². The van der Waals surface area contributed by atoms with Crippen LogP contribution in [-0.2, 0) is 17.1 Å². The van der Waals surface area contributed by atoms with Crippen LogP contribution >= 0.6 is 23.1 Å². The van der Waals surface area contributed by atoms with Crippen LogP contribution in [0.2, 0.25) is 0 Å². The molecular formula is C16H17N5OS2. The zero-order valence-electron chi connectivity index (χ0n) is 13.0. The highest BCUT2D eigenvalue weighted by Gasteiger charge is 2.08. The lowest BCUT2D eigenvalue weighted by Gasteiger charge is -2.04. The zero-order valence-corrected chi connectivity index (χ0v) is 14.6. The summed E-state index contributed by atoms with van der Waals surface area (Å²) in [4.78, 5) is 14.6. The lowest BCUT2D eigenvalue weighted by Crippen LogP contribution is -2.30. The Kier molecular flexibility index (Phi) is 5.97. The first-order valence-electron chi connectivity index (χ1n) is 7.51. The first-order chi connectivity index (χ1) is 11.8. The van der Waals surface area contributed by atoms with Gasteiger partial charge in [-0.15, -0.1) is 21.5 Å². The Balaban J connectivity index is 1.38. The number of carbonyl (C=O) groups is 1. The molecule has 0 aliphatic heterocycles. The van der Waals surface area contributed by atoms with E-state index >= 15 is 0 Å². The van der Waals surface area contributed by atoms with Crippen molar-refractivity contribution in [3.63, 3.8) is 0 Å². The van der Waals surface area contributed by atoms with E-state index in [1.807, 2.05) is 30.3 Å². The van der Waals surface area contributed by atoms with Crippen molar-refractivity contribution in [3.05, 3.63) is 52.7 Å². The number of carbonyl (C=O) groups excluding carboxylic acids is 1. The van der Waals surface area contributed by atoms with Gasteiger partial charge in [0.1, 0.15) is 6.54 Å². The fourth-order valence-corrected chi connectivity index (χ4v) is 3.73. The molecule has 0 aliphatic rings. The van der Waals surface area contributed by atoms with E-state index in [0.717, 1.165) is 17.1 Å². The second-order valence-corrected chi connectivity index (χ2v) is 7.13. The Morgan fingerprint density at radius 2 is 2.08 bits per heavy atom. The number of nitrogens with one attached hydrogen (secondary N) is 1. The average molecular weight is 359 g/mol. The van der Waals surface area contributed by atoms with Gasteiger partial charge in [-0.2, -0.15) is 16.6 Å². The van der Waals surface area contributed by atoms with Gasteiger partial charge in [-0.3, -0.25) is 4.79 Å². The van der Waals surface area contributed by atoms with Gasteiger partial charge in [-0.25, -0.2) is 0 Å². The molecule has 0 fully saturated rings. The number of hydrogen-bond donors (Lipinski definition) is 1. The van der Waals surface area contributed by atoms with Crippen molar-refractivity contribution in [2.45, 2.75) is 12.3 Å². The summed E-state index contributed by atoms with van der Waals surface area (Å²) in [5.74, 6) is 2.28. The second-order valence-electron chi connectivity index (χ2n) is 4.99. The number of thioether (sulfide) groups is 1. The molecule has 0 aliphatic carbocycles. The Morgan fingerprint density at radius 3 is 2.88 bits per heavy atom. The van der Waals surface area contributed by atoms with Gasteiger partial charge >= 0.3 is 0 Å². The predicted octanol–water partition coefficient (Wildman–Crippen LogP) is 2.45. The van der Waals surface area contributed by atoms with Gasteiger partial charge in [0.15, 0.2) is 0 Å². The number of hydrogen-bond acceptors (Lipinski definition) is 6. The Hall–Kier alpha value is -2.19. The van der Waals surface area contributed by atoms with Gasteiger partial charge in [0.2, 0.25) is 11.7 Å². The van der Waals surface area contributed by atoms with E-state index in [1.165, 1.54) is 9.67 Å². The Morgan fingerprint density at radius 1 is 1.21 bits per heavy atom. The van der Waals surface area contributed by atoms with Gasteiger partial charge in [-0.1, -0.05) is 36.4 Å². The lowest BCUT2D eigenvalue weighted by molar-refractivity contribution is -0.121. The molecule has 1 amide bonds. The standard InChI is InChI=1S/C16H17N5OS2/c22-15(17-8-10-23-12-14-7-4-9-24-14)11-21-19-16(18-20-21)13-5-2-1-3-6-13/h1-7,9H,8,10-12H2,(H,17,22). The molecule has 0 saturated heterocycles. The van der Waals surface area contributed by atoms with Crippen LogP contribution < -0.4 is 5.32 Å². The molecule has 1 N–H and O–H groups in total. The maximum Gasteiger partial charge on any atom is 0.243 e. The molecule has 0 saturated carbocycles. The maximum absolute atomic E-state index is 11.9. The van der Waals surface area contributed by atoms with Crippen LogP contribution in [0.15, 0.2) is 47.8 Å². The van der Waals surface area contributed by atoms with Gasteiger partial charge < -0.3 is 5.32 Å². The summed E-state index contributed by atoms with van der Waals surface area (Å²) >= 11 is 3.56. The van der Waals surface area contributed by atoms with Gasteiger partial charge in [0.25, 0.3) is 0 Å². The summed E-state index contributed by atoms with van der Waals surface area (Å²) in [6.45, 7) is 0.713. The van der Waals surface area contributed by atoms with Crippen molar-refractivity contribution in [2.24, 2.45) is 0 Å². The summed E-state index contributed by atoms with van der Waals surface area (Å²) in [6.07, 6.45) is 0. The van der Waals surface area contributed by atoms with Crippen molar-refractivity contribution in [1.29, 1.82) is 0 Å². The molecule has 1 aromatic carbocycles. The van der Waals surface area contributed by atoms with Crippen LogP contribution in [0.1, 0.15) is 4.88 Å². The molecule has 0 bridgehead atoms. The number of aromatic nitrogens is 4. The molecule has 0 atom stereocenters. The minimum Gasteiger partial charge on any atom is -0.354 e. The monoisotopic (exact) mass is 359 g/mol. The van der Waals surface area contributed by atoms with E-state index in [1.54, 1.807) is 23.1 Å². The first kappa shape index (κ1) is 16.7. The number of tetrazole rings is 1. The third-order valence-electron chi connectivity index (χ3n) is 3.16. The highest BCUT2D eigenvalue weighted by Crippen LogP contribution is 2.16. The van der Waals surface area contributed by atoms with Crippen molar-refractivity contribution >= 4 is 29.0 Å². The fraction of sp³-hybridized carbons (Fsp3) is 0.250. The molecule has 3 rings (SSSR count). The third kappa shape index (κ3) is 4.90. The first-order valence-corrected chi connectivity index (χ1v) is 9.55. The van der Waals surface area contributed by atoms with Crippen molar-refractivity contribution < 1.29 is 4.79 Å². The molecule has 3 aromatic rings. The molecule has 0 radical (unpaired) electrons. The van der Waals surface area contributed by atoms with Crippen LogP contribution in [0, 0.1) is 0 Å². The van der Waals surface area contributed by atoms with Crippen molar-refractivity contribution in [2.75, 3.05) is 12.3 Å². The number of rotatable bonds is 8. The largest absolute Gasteiger partial charge is 0.354 e. The lowest BCUT2D eigenvalue weighted by atomic mass is 10.2. The van der Waals surface area contributed by atoms with E-state index in [0.29, 0.717) is 12.4 Å².